The molecule has 2 aliphatic carbocycles. The van der Waals surface area contributed by atoms with Crippen molar-refractivity contribution in [3.63, 3.8) is 0 Å². The molecule has 2 fully saturated rings. The summed E-state index contributed by atoms with van der Waals surface area (Å²) in [6.07, 6.45) is 12.3. The van der Waals surface area contributed by atoms with Gasteiger partial charge in [-0.3, -0.25) is 0 Å². The second kappa shape index (κ2) is 8.69. The van der Waals surface area contributed by atoms with Crippen LogP contribution in [0.1, 0.15) is 78.6 Å². The van der Waals surface area contributed by atoms with Crippen molar-refractivity contribution in [2.45, 2.75) is 90.1 Å². The largest absolute Gasteiger partial charge is 0.394 e. The predicted molar refractivity (Wildman–Crippen MR) is 91.8 cm³/mol. The Morgan fingerprint density at radius 2 is 1.76 bits per heavy atom. The molecule has 0 aromatic heterocycles. The molecule has 4 unspecified atom stereocenters. The van der Waals surface area contributed by atoms with Gasteiger partial charge in [0, 0.05) is 18.8 Å². The Kier molecular flexibility index (Phi) is 7.23. The van der Waals surface area contributed by atoms with Crippen molar-refractivity contribution in [1.29, 1.82) is 0 Å². The Morgan fingerprint density at radius 3 is 2.33 bits per heavy atom. The molecule has 0 aromatic rings. The van der Waals surface area contributed by atoms with Crippen molar-refractivity contribution < 1.29 is 8.85 Å². The fourth-order valence-corrected chi connectivity index (χ4v) is 9.35. The number of rotatable bonds is 11. The van der Waals surface area contributed by atoms with Gasteiger partial charge in [-0.05, 0) is 44.1 Å². The minimum Gasteiger partial charge on any atom is -0.394 e. The van der Waals surface area contributed by atoms with Crippen LogP contribution in [0.25, 0.3) is 0 Å². The van der Waals surface area contributed by atoms with E-state index < -0.39 is 8.56 Å². The quantitative estimate of drug-likeness (QED) is 0.362. The third-order valence-electron chi connectivity index (χ3n) is 5.62. The molecule has 2 saturated carbocycles. The second-order valence-electron chi connectivity index (χ2n) is 7.19. The van der Waals surface area contributed by atoms with E-state index in [1.54, 1.807) is 0 Å². The van der Waals surface area contributed by atoms with E-state index in [-0.39, 0.29) is 0 Å². The van der Waals surface area contributed by atoms with E-state index in [9.17, 15) is 0 Å². The molecule has 21 heavy (non-hydrogen) atoms. The summed E-state index contributed by atoms with van der Waals surface area (Å²) in [5.74, 6) is 1.92. The normalized spacial score (nSPS) is 30.7. The van der Waals surface area contributed by atoms with E-state index >= 15 is 0 Å². The average molecular weight is 313 g/mol. The maximum absolute atomic E-state index is 6.55. The minimum absolute atomic E-state index is 0.796. The van der Waals surface area contributed by atoms with Crippen LogP contribution in [0.15, 0.2) is 0 Å². The Labute approximate surface area is 133 Å². The van der Waals surface area contributed by atoms with Crippen molar-refractivity contribution in [3.05, 3.63) is 0 Å². The molecular formula is C18H36O2Si. The lowest BCUT2D eigenvalue weighted by Gasteiger charge is -2.39. The lowest BCUT2D eigenvalue weighted by Crippen LogP contribution is -2.49. The minimum atomic E-state index is -1.99. The summed E-state index contributed by atoms with van der Waals surface area (Å²) in [7, 11) is -1.99. The monoisotopic (exact) mass is 312 g/mol. The molecule has 2 bridgehead atoms. The first-order chi connectivity index (χ1) is 10.3. The zero-order chi connectivity index (χ0) is 15.1. The number of hydrogen-bond acceptors (Lipinski definition) is 2. The molecule has 0 spiro atoms. The first-order valence-corrected chi connectivity index (χ1v) is 11.6. The Balaban J connectivity index is 2.02. The van der Waals surface area contributed by atoms with Gasteiger partial charge in [0.2, 0.25) is 0 Å². The number of hydrogen-bond donors (Lipinski definition) is 0. The van der Waals surface area contributed by atoms with Crippen molar-refractivity contribution in [2.24, 2.45) is 11.8 Å². The molecule has 0 radical (unpaired) electrons. The van der Waals surface area contributed by atoms with E-state index in [1.807, 2.05) is 0 Å². The molecule has 0 aliphatic heterocycles. The first-order valence-electron chi connectivity index (χ1n) is 9.53. The van der Waals surface area contributed by atoms with Crippen LogP contribution in [0.5, 0.6) is 0 Å². The summed E-state index contributed by atoms with van der Waals surface area (Å²) in [5, 5.41) is 0. The van der Waals surface area contributed by atoms with Crippen molar-refractivity contribution in [3.8, 4) is 0 Å². The standard InChI is InChI=1S/C18H36O2Si/c1-4-7-8-9-13-21(19-6-3,20-12-5-2)18-15-16-10-11-17(18)14-16/h16-18H,4-15H2,1-3H3. The topological polar surface area (TPSA) is 18.5 Å². The van der Waals surface area contributed by atoms with Gasteiger partial charge in [0.15, 0.2) is 0 Å². The maximum Gasteiger partial charge on any atom is 0.341 e. The highest BCUT2D eigenvalue weighted by Crippen LogP contribution is 2.56. The molecule has 2 nitrogen and oxygen atoms in total. The van der Waals surface area contributed by atoms with Crippen LogP contribution in [0.2, 0.25) is 11.6 Å². The Hall–Kier alpha value is 0.137. The fourth-order valence-electron chi connectivity index (χ4n) is 4.69. The summed E-state index contributed by atoms with van der Waals surface area (Å²) >= 11 is 0. The summed E-state index contributed by atoms with van der Waals surface area (Å²) in [5.41, 5.74) is 0.796. The second-order valence-corrected chi connectivity index (χ2v) is 10.6. The van der Waals surface area contributed by atoms with Crippen LogP contribution < -0.4 is 0 Å². The number of unbranched alkanes of at least 4 members (excludes halogenated alkanes) is 3. The van der Waals surface area contributed by atoms with Gasteiger partial charge in [-0.1, -0.05) is 52.4 Å². The van der Waals surface area contributed by atoms with Gasteiger partial charge in [0.05, 0.1) is 0 Å². The molecule has 124 valence electrons. The molecular weight excluding hydrogens is 276 g/mol. The highest BCUT2D eigenvalue weighted by Gasteiger charge is 2.54. The van der Waals surface area contributed by atoms with Gasteiger partial charge in [-0.25, -0.2) is 0 Å². The lowest BCUT2D eigenvalue weighted by molar-refractivity contribution is 0.153. The predicted octanol–water partition coefficient (Wildman–Crippen LogP) is 5.66. The van der Waals surface area contributed by atoms with Crippen LogP contribution in [-0.2, 0) is 8.85 Å². The summed E-state index contributed by atoms with van der Waals surface area (Å²) in [6.45, 7) is 8.43. The Morgan fingerprint density at radius 1 is 0.905 bits per heavy atom. The Bertz CT molecular complexity index is 297. The highest BCUT2D eigenvalue weighted by molar-refractivity contribution is 6.69. The molecule has 0 saturated heterocycles. The van der Waals surface area contributed by atoms with E-state index in [1.165, 1.54) is 57.4 Å². The van der Waals surface area contributed by atoms with Crippen molar-refractivity contribution in [1.82, 2.24) is 0 Å². The fraction of sp³-hybridized carbons (Fsp3) is 1.00. The van der Waals surface area contributed by atoms with Crippen LogP contribution in [0.4, 0.5) is 0 Å². The summed E-state index contributed by atoms with van der Waals surface area (Å²) in [6, 6.07) is 1.24. The number of fused-ring (bicyclic) bond motifs is 2. The molecule has 2 rings (SSSR count). The molecule has 4 atom stereocenters. The van der Waals surface area contributed by atoms with Gasteiger partial charge in [0.1, 0.15) is 0 Å². The van der Waals surface area contributed by atoms with Gasteiger partial charge in [0.25, 0.3) is 0 Å². The average Bonchev–Trinajstić information content (AvgIpc) is 3.12. The zero-order valence-corrected chi connectivity index (χ0v) is 15.5. The maximum atomic E-state index is 6.55. The van der Waals surface area contributed by atoms with E-state index in [0.29, 0.717) is 0 Å². The van der Waals surface area contributed by atoms with Crippen LogP contribution in [0.3, 0.4) is 0 Å². The molecule has 0 heterocycles. The molecule has 2 aliphatic rings. The highest BCUT2D eigenvalue weighted by atomic mass is 28.4. The third-order valence-corrected chi connectivity index (χ3v) is 9.98. The van der Waals surface area contributed by atoms with Crippen LogP contribution in [0, 0.1) is 11.8 Å². The first kappa shape index (κ1) is 17.5. The van der Waals surface area contributed by atoms with Gasteiger partial charge >= 0.3 is 8.56 Å². The van der Waals surface area contributed by atoms with Crippen molar-refractivity contribution in [2.75, 3.05) is 13.2 Å². The molecule has 0 aromatic carbocycles. The van der Waals surface area contributed by atoms with E-state index in [2.05, 4.69) is 20.8 Å². The van der Waals surface area contributed by atoms with Gasteiger partial charge < -0.3 is 8.85 Å². The third kappa shape index (κ3) is 4.32. The van der Waals surface area contributed by atoms with E-state index in [4.69, 9.17) is 8.85 Å². The van der Waals surface area contributed by atoms with E-state index in [0.717, 1.165) is 37.0 Å². The van der Waals surface area contributed by atoms with Gasteiger partial charge in [-0.2, -0.15) is 0 Å². The van der Waals surface area contributed by atoms with Crippen LogP contribution >= 0.6 is 0 Å². The smallest absolute Gasteiger partial charge is 0.341 e. The summed E-state index contributed by atoms with van der Waals surface area (Å²) in [4.78, 5) is 0. The molecule has 3 heteroatoms. The van der Waals surface area contributed by atoms with Crippen LogP contribution in [-0.4, -0.2) is 21.8 Å². The molecule has 0 amide bonds. The lowest BCUT2D eigenvalue weighted by atomic mass is 10.0. The van der Waals surface area contributed by atoms with Gasteiger partial charge in [-0.15, -0.1) is 0 Å². The molecule has 0 N–H and O–H groups in total. The SMILES string of the molecule is CCCCCC[Si](OCC)(OCCC)C1CC2CCC1C2. The zero-order valence-electron chi connectivity index (χ0n) is 14.5. The van der Waals surface area contributed by atoms with Crippen molar-refractivity contribution >= 4 is 8.56 Å². The summed E-state index contributed by atoms with van der Waals surface area (Å²) < 4.78 is 13.0.